The molecular formula is C14H16N2OS2. The van der Waals surface area contributed by atoms with Crippen LogP contribution in [0.2, 0.25) is 0 Å². The largest absolute Gasteiger partial charge is 0.496 e. The number of methoxy groups -OCH3 is 1. The maximum absolute atomic E-state index is 5.78. The molecule has 0 saturated heterocycles. The number of nitrogens with zero attached hydrogens (tertiary/aromatic N) is 1. The predicted molar refractivity (Wildman–Crippen MR) is 84.0 cm³/mol. The molecule has 19 heavy (non-hydrogen) atoms. The second-order valence-corrected chi connectivity index (χ2v) is 5.55. The number of aryl methyl sites for hydroxylation is 1. The molecule has 0 aliphatic heterocycles. The average molecular weight is 292 g/mol. The highest BCUT2D eigenvalue weighted by atomic mass is 32.1. The lowest BCUT2D eigenvalue weighted by atomic mass is 10.2. The quantitative estimate of drug-likeness (QED) is 0.858. The summed E-state index contributed by atoms with van der Waals surface area (Å²) in [7, 11) is 1.66. The van der Waals surface area contributed by atoms with Gasteiger partial charge in [0.1, 0.15) is 15.7 Å². The fourth-order valence-corrected chi connectivity index (χ4v) is 3.12. The first kappa shape index (κ1) is 14.0. The Kier molecular flexibility index (Phi) is 4.50. The van der Waals surface area contributed by atoms with Crippen molar-refractivity contribution in [1.29, 1.82) is 0 Å². The third-order valence-corrected chi connectivity index (χ3v) is 4.24. The van der Waals surface area contributed by atoms with Gasteiger partial charge in [0.2, 0.25) is 0 Å². The second kappa shape index (κ2) is 6.12. The van der Waals surface area contributed by atoms with Crippen LogP contribution in [0.15, 0.2) is 24.3 Å². The zero-order chi connectivity index (χ0) is 13.8. The smallest absolute Gasteiger partial charge is 0.129 e. The summed E-state index contributed by atoms with van der Waals surface area (Å²) in [4.78, 5) is 6.00. The Morgan fingerprint density at radius 2 is 2.16 bits per heavy atom. The van der Waals surface area contributed by atoms with Crippen molar-refractivity contribution in [2.45, 2.75) is 19.8 Å². The van der Waals surface area contributed by atoms with Crippen molar-refractivity contribution in [1.82, 2.24) is 4.98 Å². The van der Waals surface area contributed by atoms with Gasteiger partial charge in [0.25, 0.3) is 0 Å². The van der Waals surface area contributed by atoms with Crippen LogP contribution in [0.1, 0.15) is 23.9 Å². The summed E-state index contributed by atoms with van der Waals surface area (Å²) < 4.78 is 5.37. The molecule has 0 bridgehead atoms. The maximum Gasteiger partial charge on any atom is 0.129 e. The number of ether oxygens (including phenoxy) is 1. The van der Waals surface area contributed by atoms with Gasteiger partial charge in [-0.1, -0.05) is 37.7 Å². The molecule has 2 rings (SSSR count). The third-order valence-electron chi connectivity index (χ3n) is 2.75. The molecule has 0 atom stereocenters. The van der Waals surface area contributed by atoms with E-state index in [1.165, 1.54) is 11.3 Å². The van der Waals surface area contributed by atoms with Crippen LogP contribution in [-0.4, -0.2) is 17.1 Å². The Balaban J connectivity index is 2.51. The molecule has 2 N–H and O–H groups in total. The number of thiocarbonyl (C=S) groups is 1. The Bertz CT molecular complexity index is 593. The van der Waals surface area contributed by atoms with E-state index < -0.39 is 0 Å². The number of rotatable bonds is 5. The van der Waals surface area contributed by atoms with Crippen LogP contribution in [0.25, 0.3) is 10.6 Å². The van der Waals surface area contributed by atoms with Gasteiger partial charge in [0.15, 0.2) is 0 Å². The Morgan fingerprint density at radius 1 is 1.42 bits per heavy atom. The molecule has 1 aromatic heterocycles. The first-order valence-electron chi connectivity index (χ1n) is 6.10. The van der Waals surface area contributed by atoms with Gasteiger partial charge in [-0.3, -0.25) is 0 Å². The minimum Gasteiger partial charge on any atom is -0.496 e. The Hall–Kier alpha value is -1.46. The van der Waals surface area contributed by atoms with Crippen molar-refractivity contribution >= 4 is 28.5 Å². The van der Waals surface area contributed by atoms with Gasteiger partial charge in [0, 0.05) is 0 Å². The highest BCUT2D eigenvalue weighted by Gasteiger charge is 2.16. The fraction of sp³-hybridized carbons (Fsp3) is 0.286. The first-order valence-corrected chi connectivity index (χ1v) is 7.32. The van der Waals surface area contributed by atoms with Crippen LogP contribution >= 0.6 is 23.6 Å². The number of nitrogens with two attached hydrogens (primary N) is 1. The second-order valence-electron chi connectivity index (χ2n) is 4.11. The lowest BCUT2D eigenvalue weighted by molar-refractivity contribution is 0.416. The first-order chi connectivity index (χ1) is 9.17. The highest BCUT2D eigenvalue weighted by molar-refractivity contribution is 7.81. The molecule has 100 valence electrons. The minimum absolute atomic E-state index is 0.419. The van der Waals surface area contributed by atoms with Crippen LogP contribution in [0.4, 0.5) is 0 Å². The summed E-state index contributed by atoms with van der Waals surface area (Å²) in [6.07, 6.45) is 1.91. The molecule has 0 spiro atoms. The van der Waals surface area contributed by atoms with Gasteiger partial charge in [-0.15, -0.1) is 11.3 Å². The van der Waals surface area contributed by atoms with Crippen molar-refractivity contribution in [3.05, 3.63) is 34.8 Å². The predicted octanol–water partition coefficient (Wildman–Crippen LogP) is 3.41. The molecule has 0 unspecified atom stereocenters. The number of hydrogen-bond acceptors (Lipinski definition) is 4. The summed E-state index contributed by atoms with van der Waals surface area (Å²) in [6, 6.07) is 7.84. The van der Waals surface area contributed by atoms with E-state index in [0.29, 0.717) is 4.99 Å². The highest BCUT2D eigenvalue weighted by Crippen LogP contribution is 2.34. The number of aromatic nitrogens is 1. The monoisotopic (exact) mass is 292 g/mol. The molecule has 0 aliphatic rings. The van der Waals surface area contributed by atoms with Crippen molar-refractivity contribution in [3.8, 4) is 16.3 Å². The molecule has 1 heterocycles. The topological polar surface area (TPSA) is 48.1 Å². The molecule has 0 saturated carbocycles. The van der Waals surface area contributed by atoms with Gasteiger partial charge in [-0.25, -0.2) is 4.98 Å². The van der Waals surface area contributed by atoms with Crippen LogP contribution in [0.5, 0.6) is 5.75 Å². The standard InChI is InChI=1S/C14H16N2OS2/c1-3-6-10-12(13(15)18)19-14(16-10)9-7-4-5-8-11(9)17-2/h4-5,7-8H,3,6H2,1-2H3,(H2,15,18). The zero-order valence-corrected chi connectivity index (χ0v) is 12.6. The molecule has 0 radical (unpaired) electrons. The van der Waals surface area contributed by atoms with Gasteiger partial charge < -0.3 is 10.5 Å². The average Bonchev–Trinajstić information content (AvgIpc) is 2.83. The van der Waals surface area contributed by atoms with Crippen molar-refractivity contribution in [2.75, 3.05) is 7.11 Å². The summed E-state index contributed by atoms with van der Waals surface area (Å²) in [6.45, 7) is 2.12. The van der Waals surface area contributed by atoms with Crippen LogP contribution in [-0.2, 0) is 6.42 Å². The van der Waals surface area contributed by atoms with E-state index in [0.717, 1.165) is 39.7 Å². The van der Waals surface area contributed by atoms with Crippen molar-refractivity contribution in [3.63, 3.8) is 0 Å². The van der Waals surface area contributed by atoms with Gasteiger partial charge >= 0.3 is 0 Å². The summed E-state index contributed by atoms with van der Waals surface area (Å²) in [5, 5.41) is 0.906. The summed E-state index contributed by atoms with van der Waals surface area (Å²) >= 11 is 6.64. The molecule has 0 amide bonds. The number of thiazole rings is 1. The Labute approximate surface area is 122 Å². The number of benzene rings is 1. The molecular weight excluding hydrogens is 276 g/mol. The fourth-order valence-electron chi connectivity index (χ4n) is 1.89. The van der Waals surface area contributed by atoms with Crippen LogP contribution in [0.3, 0.4) is 0 Å². The molecule has 0 aliphatic carbocycles. The van der Waals surface area contributed by atoms with Gasteiger partial charge in [-0.05, 0) is 18.6 Å². The van der Waals surface area contributed by atoms with Crippen molar-refractivity contribution in [2.24, 2.45) is 5.73 Å². The van der Waals surface area contributed by atoms with E-state index in [1.807, 2.05) is 24.3 Å². The summed E-state index contributed by atoms with van der Waals surface area (Å²) in [5.41, 5.74) is 7.75. The van der Waals surface area contributed by atoms with E-state index in [-0.39, 0.29) is 0 Å². The number of para-hydroxylation sites is 1. The van der Waals surface area contributed by atoms with Gasteiger partial charge in [0.05, 0.1) is 23.2 Å². The summed E-state index contributed by atoms with van der Waals surface area (Å²) in [5.74, 6) is 0.814. The van der Waals surface area contributed by atoms with E-state index in [4.69, 9.17) is 22.7 Å². The van der Waals surface area contributed by atoms with Gasteiger partial charge in [-0.2, -0.15) is 0 Å². The molecule has 0 fully saturated rings. The van der Waals surface area contributed by atoms with E-state index in [1.54, 1.807) is 7.11 Å². The van der Waals surface area contributed by atoms with Crippen LogP contribution in [0, 0.1) is 0 Å². The molecule has 1 aromatic carbocycles. The van der Waals surface area contributed by atoms with Crippen molar-refractivity contribution < 1.29 is 4.74 Å². The molecule has 3 nitrogen and oxygen atoms in total. The lowest BCUT2D eigenvalue weighted by Gasteiger charge is -2.04. The third kappa shape index (κ3) is 2.93. The minimum atomic E-state index is 0.419. The maximum atomic E-state index is 5.78. The normalized spacial score (nSPS) is 10.4. The zero-order valence-electron chi connectivity index (χ0n) is 11.0. The van der Waals surface area contributed by atoms with E-state index in [9.17, 15) is 0 Å². The molecule has 2 aromatic rings. The van der Waals surface area contributed by atoms with Crippen LogP contribution < -0.4 is 10.5 Å². The van der Waals surface area contributed by atoms with E-state index >= 15 is 0 Å². The molecule has 5 heteroatoms. The lowest BCUT2D eigenvalue weighted by Crippen LogP contribution is -2.09. The Morgan fingerprint density at radius 3 is 2.79 bits per heavy atom. The number of hydrogen-bond donors (Lipinski definition) is 1. The SMILES string of the molecule is CCCc1nc(-c2ccccc2OC)sc1C(N)=S. The van der Waals surface area contributed by atoms with E-state index in [2.05, 4.69) is 11.9 Å².